The Labute approximate surface area is 127 Å². The molecule has 0 saturated heterocycles. The molecular formula is C18H26O3. The van der Waals surface area contributed by atoms with Gasteiger partial charge in [-0.2, -0.15) is 0 Å². The summed E-state index contributed by atoms with van der Waals surface area (Å²) in [6.07, 6.45) is 1.30. The van der Waals surface area contributed by atoms with Crippen LogP contribution in [0.1, 0.15) is 57.7 Å². The first-order valence-electron chi connectivity index (χ1n) is 7.26. The molecule has 0 aromatic heterocycles. The Morgan fingerprint density at radius 1 is 1.14 bits per heavy atom. The van der Waals surface area contributed by atoms with E-state index in [9.17, 15) is 9.59 Å². The van der Waals surface area contributed by atoms with Crippen molar-refractivity contribution < 1.29 is 14.3 Å². The maximum absolute atomic E-state index is 12.2. The van der Waals surface area contributed by atoms with E-state index < -0.39 is 5.41 Å². The molecule has 1 aromatic rings. The Kier molecular flexibility index (Phi) is 4.98. The predicted molar refractivity (Wildman–Crippen MR) is 84.7 cm³/mol. The maximum atomic E-state index is 12.2. The van der Waals surface area contributed by atoms with E-state index in [1.165, 1.54) is 0 Å². The minimum Gasteiger partial charge on any atom is -0.426 e. The largest absolute Gasteiger partial charge is 0.426 e. The van der Waals surface area contributed by atoms with Crippen molar-refractivity contribution in [3.05, 3.63) is 28.8 Å². The Morgan fingerprint density at radius 2 is 1.71 bits per heavy atom. The molecule has 0 saturated carbocycles. The first kappa shape index (κ1) is 17.4. The second-order valence-corrected chi connectivity index (χ2v) is 7.35. The smallest absolute Gasteiger partial charge is 0.316 e. The summed E-state index contributed by atoms with van der Waals surface area (Å²) in [5.74, 6) is 0.301. The monoisotopic (exact) mass is 290 g/mol. The Hall–Kier alpha value is -1.64. The van der Waals surface area contributed by atoms with Gasteiger partial charge in [0.25, 0.3) is 0 Å². The molecule has 116 valence electrons. The van der Waals surface area contributed by atoms with Crippen LogP contribution in [0, 0.1) is 19.3 Å². The van der Waals surface area contributed by atoms with Crippen molar-refractivity contribution in [2.45, 2.75) is 60.3 Å². The van der Waals surface area contributed by atoms with Gasteiger partial charge in [-0.15, -0.1) is 0 Å². The summed E-state index contributed by atoms with van der Waals surface area (Å²) < 4.78 is 5.65. The second kappa shape index (κ2) is 6.00. The third-order valence-electron chi connectivity index (χ3n) is 3.53. The average Bonchev–Trinajstić information content (AvgIpc) is 2.25. The van der Waals surface area contributed by atoms with E-state index in [0.717, 1.165) is 23.0 Å². The van der Waals surface area contributed by atoms with Gasteiger partial charge >= 0.3 is 5.97 Å². The molecule has 0 heterocycles. The van der Waals surface area contributed by atoms with Crippen LogP contribution in [0.15, 0.2) is 12.1 Å². The summed E-state index contributed by atoms with van der Waals surface area (Å²) in [5, 5.41) is 0. The number of carbonyl (C=O) groups is 2. The van der Waals surface area contributed by atoms with Gasteiger partial charge < -0.3 is 9.53 Å². The van der Waals surface area contributed by atoms with Crippen molar-refractivity contribution in [2.75, 3.05) is 0 Å². The lowest BCUT2D eigenvalue weighted by molar-refractivity contribution is -0.143. The quantitative estimate of drug-likeness (QED) is 0.476. The molecule has 3 nitrogen and oxygen atoms in total. The second-order valence-electron chi connectivity index (χ2n) is 7.35. The lowest BCUT2D eigenvalue weighted by Gasteiger charge is -2.28. The molecule has 1 aromatic carbocycles. The predicted octanol–water partition coefficient (Wildman–Crippen LogP) is 4.12. The van der Waals surface area contributed by atoms with Crippen molar-refractivity contribution in [2.24, 2.45) is 5.41 Å². The molecule has 0 radical (unpaired) electrons. The van der Waals surface area contributed by atoms with Gasteiger partial charge in [-0.1, -0.05) is 19.9 Å². The Balaban J connectivity index is 3.37. The van der Waals surface area contributed by atoms with Crippen molar-refractivity contribution in [3.63, 3.8) is 0 Å². The number of aldehydes is 1. The summed E-state index contributed by atoms with van der Waals surface area (Å²) in [5.41, 5.74) is 2.07. The zero-order valence-electron chi connectivity index (χ0n) is 14.2. The lowest BCUT2D eigenvalue weighted by Crippen LogP contribution is -2.28. The number of benzene rings is 1. The number of rotatable bonds is 4. The number of aryl methyl sites for hydroxylation is 2. The molecule has 1 rings (SSSR count). The summed E-state index contributed by atoms with van der Waals surface area (Å²) in [4.78, 5) is 23.2. The molecule has 0 aliphatic heterocycles. The summed E-state index contributed by atoms with van der Waals surface area (Å²) in [7, 11) is 0. The van der Waals surface area contributed by atoms with Crippen molar-refractivity contribution in [3.8, 4) is 5.75 Å². The first-order chi connectivity index (χ1) is 9.49. The van der Waals surface area contributed by atoms with Gasteiger partial charge in [0.15, 0.2) is 0 Å². The highest BCUT2D eigenvalue weighted by molar-refractivity contribution is 5.78. The van der Waals surface area contributed by atoms with Crippen molar-refractivity contribution in [1.82, 2.24) is 0 Å². The van der Waals surface area contributed by atoms with E-state index in [1.807, 2.05) is 54.5 Å². The number of hydrogen-bond acceptors (Lipinski definition) is 3. The van der Waals surface area contributed by atoms with Gasteiger partial charge in [-0.25, -0.2) is 0 Å². The summed E-state index contributed by atoms with van der Waals surface area (Å²) in [6.45, 7) is 13.4. The minimum atomic E-state index is -0.566. The molecule has 0 N–H and O–H groups in total. The highest BCUT2D eigenvalue weighted by Crippen LogP contribution is 2.38. The molecule has 0 spiro atoms. The highest BCUT2D eigenvalue weighted by atomic mass is 16.5. The van der Waals surface area contributed by atoms with E-state index in [4.69, 9.17) is 4.74 Å². The summed E-state index contributed by atoms with van der Waals surface area (Å²) >= 11 is 0. The molecule has 0 amide bonds. The van der Waals surface area contributed by atoms with E-state index in [2.05, 4.69) is 6.07 Å². The average molecular weight is 290 g/mol. The van der Waals surface area contributed by atoms with Gasteiger partial charge in [-0.05, 0) is 51.8 Å². The van der Waals surface area contributed by atoms with Crippen molar-refractivity contribution >= 4 is 12.3 Å². The lowest BCUT2D eigenvalue weighted by atomic mass is 9.78. The number of carbonyl (C=O) groups excluding carboxylic acids is 2. The molecule has 21 heavy (non-hydrogen) atoms. The molecule has 0 unspecified atom stereocenters. The van der Waals surface area contributed by atoms with Gasteiger partial charge in [0.05, 0.1) is 5.41 Å². The zero-order valence-corrected chi connectivity index (χ0v) is 14.2. The standard InChI is InChI=1S/C18H26O3/c1-12-10-13(2)15(18(6,7)8-9-19)14(11-12)21-16(20)17(3,4)5/h9-11H,8H2,1-7H3. The van der Waals surface area contributed by atoms with E-state index in [1.54, 1.807) is 0 Å². The molecule has 3 heteroatoms. The summed E-state index contributed by atoms with van der Waals surface area (Å²) in [6, 6.07) is 3.93. The molecule has 0 fully saturated rings. The fraction of sp³-hybridized carbons (Fsp3) is 0.556. The molecule has 0 aliphatic rings. The fourth-order valence-corrected chi connectivity index (χ4v) is 2.44. The van der Waals surface area contributed by atoms with Crippen LogP contribution in [0.5, 0.6) is 5.75 Å². The number of esters is 1. The highest BCUT2D eigenvalue weighted by Gasteiger charge is 2.30. The fourth-order valence-electron chi connectivity index (χ4n) is 2.44. The third kappa shape index (κ3) is 4.16. The normalized spacial score (nSPS) is 12.1. The van der Waals surface area contributed by atoms with E-state index in [0.29, 0.717) is 12.2 Å². The number of ether oxygens (including phenoxy) is 1. The van der Waals surface area contributed by atoms with Crippen LogP contribution in [0.2, 0.25) is 0 Å². The van der Waals surface area contributed by atoms with Gasteiger partial charge in [0.1, 0.15) is 12.0 Å². The Bertz CT molecular complexity index is 548. The molecule has 0 bridgehead atoms. The third-order valence-corrected chi connectivity index (χ3v) is 3.53. The minimum absolute atomic E-state index is 0.268. The van der Waals surface area contributed by atoms with Crippen LogP contribution in [0.25, 0.3) is 0 Å². The van der Waals surface area contributed by atoms with Gasteiger partial charge in [0.2, 0.25) is 0 Å². The Morgan fingerprint density at radius 3 is 2.19 bits per heavy atom. The van der Waals surface area contributed by atoms with Gasteiger partial charge in [-0.3, -0.25) is 4.79 Å². The van der Waals surface area contributed by atoms with Crippen molar-refractivity contribution in [1.29, 1.82) is 0 Å². The molecule has 0 atom stereocenters. The van der Waals surface area contributed by atoms with Crippen LogP contribution in [-0.2, 0) is 15.0 Å². The van der Waals surface area contributed by atoms with Crippen LogP contribution in [0.4, 0.5) is 0 Å². The SMILES string of the molecule is Cc1cc(C)c(C(C)(C)CC=O)c(OC(=O)C(C)(C)C)c1. The zero-order chi connectivity index (χ0) is 16.4. The molecule has 0 aliphatic carbocycles. The van der Waals surface area contributed by atoms with Crippen LogP contribution >= 0.6 is 0 Å². The number of hydrogen-bond donors (Lipinski definition) is 0. The van der Waals surface area contributed by atoms with Gasteiger partial charge in [0, 0.05) is 17.4 Å². The van der Waals surface area contributed by atoms with E-state index >= 15 is 0 Å². The first-order valence-corrected chi connectivity index (χ1v) is 7.26. The van der Waals surface area contributed by atoms with Crippen LogP contribution in [-0.4, -0.2) is 12.3 Å². The topological polar surface area (TPSA) is 43.4 Å². The van der Waals surface area contributed by atoms with Crippen LogP contribution in [0.3, 0.4) is 0 Å². The van der Waals surface area contributed by atoms with E-state index in [-0.39, 0.29) is 11.4 Å². The maximum Gasteiger partial charge on any atom is 0.316 e. The van der Waals surface area contributed by atoms with Crippen LogP contribution < -0.4 is 4.74 Å². The molecular weight excluding hydrogens is 264 g/mol.